The zero-order valence-electron chi connectivity index (χ0n) is 11.6. The van der Waals surface area contributed by atoms with Crippen molar-refractivity contribution in [3.05, 3.63) is 15.9 Å². The van der Waals surface area contributed by atoms with Gasteiger partial charge in [0.2, 0.25) is 0 Å². The number of sulfone groups is 1. The second kappa shape index (κ2) is 5.54. The van der Waals surface area contributed by atoms with Gasteiger partial charge in [0.15, 0.2) is 9.84 Å². The highest BCUT2D eigenvalue weighted by Crippen LogP contribution is 2.25. The number of aromatic nitrogens is 2. The lowest BCUT2D eigenvalue weighted by Gasteiger charge is -2.23. The summed E-state index contributed by atoms with van der Waals surface area (Å²) in [6.07, 6.45) is 1.62. The van der Waals surface area contributed by atoms with Crippen molar-refractivity contribution >= 4 is 25.8 Å². The predicted molar refractivity (Wildman–Crippen MR) is 78.8 cm³/mol. The minimum absolute atomic E-state index is 0.122. The van der Waals surface area contributed by atoms with Crippen LogP contribution in [0.4, 0.5) is 0 Å². The Morgan fingerprint density at radius 3 is 2.68 bits per heavy atom. The van der Waals surface area contributed by atoms with Crippen LogP contribution in [0.2, 0.25) is 0 Å². The standard InChI is InChI=1S/C12H20BrN3O2S/c1-4-10-12(13)11(16(3)14-10)7-15(2)9-5-6-19(17,18)8-9/h9H,4-8H2,1-3H3. The first-order chi connectivity index (χ1) is 8.84. The molecule has 2 rings (SSSR count). The van der Waals surface area contributed by atoms with Crippen LogP contribution in [-0.4, -0.2) is 47.7 Å². The third-order valence-corrected chi connectivity index (χ3v) is 6.40. The van der Waals surface area contributed by atoms with E-state index in [-0.39, 0.29) is 11.8 Å². The summed E-state index contributed by atoms with van der Waals surface area (Å²) in [6.45, 7) is 2.79. The van der Waals surface area contributed by atoms with E-state index < -0.39 is 9.84 Å². The van der Waals surface area contributed by atoms with Crippen molar-refractivity contribution in [1.29, 1.82) is 0 Å². The molecule has 0 bridgehead atoms. The van der Waals surface area contributed by atoms with Gasteiger partial charge in [-0.15, -0.1) is 0 Å². The molecule has 1 saturated heterocycles. The molecule has 1 aliphatic rings. The summed E-state index contributed by atoms with van der Waals surface area (Å²) in [5.41, 5.74) is 2.15. The van der Waals surface area contributed by atoms with E-state index >= 15 is 0 Å². The average molecular weight is 350 g/mol. The molecule has 2 heterocycles. The zero-order chi connectivity index (χ0) is 14.2. The van der Waals surface area contributed by atoms with Gasteiger partial charge >= 0.3 is 0 Å². The lowest BCUT2D eigenvalue weighted by Crippen LogP contribution is -2.32. The van der Waals surface area contributed by atoms with Crippen molar-refractivity contribution in [2.75, 3.05) is 18.6 Å². The maximum Gasteiger partial charge on any atom is 0.151 e. The van der Waals surface area contributed by atoms with E-state index in [9.17, 15) is 8.42 Å². The first kappa shape index (κ1) is 15.0. The van der Waals surface area contributed by atoms with Gasteiger partial charge in [0.05, 0.1) is 27.4 Å². The smallest absolute Gasteiger partial charge is 0.151 e. The zero-order valence-corrected chi connectivity index (χ0v) is 14.0. The van der Waals surface area contributed by atoms with Gasteiger partial charge < -0.3 is 0 Å². The Hall–Kier alpha value is -0.400. The van der Waals surface area contributed by atoms with E-state index in [2.05, 4.69) is 32.9 Å². The minimum atomic E-state index is -2.83. The molecular weight excluding hydrogens is 330 g/mol. The second-order valence-electron chi connectivity index (χ2n) is 5.16. The van der Waals surface area contributed by atoms with Gasteiger partial charge in [0.1, 0.15) is 0 Å². The molecule has 1 aliphatic heterocycles. The van der Waals surface area contributed by atoms with Gasteiger partial charge in [0, 0.05) is 19.6 Å². The molecule has 0 radical (unpaired) electrons. The lowest BCUT2D eigenvalue weighted by atomic mass is 10.2. The molecule has 7 heteroatoms. The van der Waals surface area contributed by atoms with Crippen LogP contribution >= 0.6 is 15.9 Å². The Labute approximate surface area is 123 Å². The van der Waals surface area contributed by atoms with E-state index in [1.165, 1.54) is 0 Å². The fraction of sp³-hybridized carbons (Fsp3) is 0.750. The number of rotatable bonds is 4. The molecule has 5 nitrogen and oxygen atoms in total. The van der Waals surface area contributed by atoms with Crippen LogP contribution in [0.1, 0.15) is 24.7 Å². The Balaban J connectivity index is 2.11. The van der Waals surface area contributed by atoms with Crippen molar-refractivity contribution in [2.45, 2.75) is 32.4 Å². The van der Waals surface area contributed by atoms with Crippen LogP contribution in [-0.2, 0) is 29.9 Å². The minimum Gasteiger partial charge on any atom is -0.297 e. The fourth-order valence-electron chi connectivity index (χ4n) is 2.48. The summed E-state index contributed by atoms with van der Waals surface area (Å²) in [7, 11) is 1.08. The highest BCUT2D eigenvalue weighted by atomic mass is 79.9. The molecule has 0 aliphatic carbocycles. The summed E-state index contributed by atoms with van der Waals surface area (Å²) in [4.78, 5) is 2.12. The van der Waals surface area contributed by atoms with Crippen molar-refractivity contribution in [3.63, 3.8) is 0 Å². The van der Waals surface area contributed by atoms with E-state index in [0.717, 1.165) is 28.7 Å². The van der Waals surface area contributed by atoms with Crippen LogP contribution in [0.15, 0.2) is 4.47 Å². The normalized spacial score (nSPS) is 22.3. The first-order valence-corrected chi connectivity index (χ1v) is 9.06. The van der Waals surface area contributed by atoms with Crippen molar-refractivity contribution in [2.24, 2.45) is 7.05 Å². The molecule has 1 aromatic rings. The topological polar surface area (TPSA) is 55.2 Å². The van der Waals surface area contributed by atoms with Crippen molar-refractivity contribution in [3.8, 4) is 0 Å². The Kier molecular flexibility index (Phi) is 4.37. The quantitative estimate of drug-likeness (QED) is 0.823. The second-order valence-corrected chi connectivity index (χ2v) is 8.18. The molecule has 0 N–H and O–H groups in total. The number of hydrogen-bond acceptors (Lipinski definition) is 4. The molecule has 108 valence electrons. The third kappa shape index (κ3) is 3.20. The Morgan fingerprint density at radius 2 is 2.21 bits per heavy atom. The van der Waals surface area contributed by atoms with Gasteiger partial charge in [0.25, 0.3) is 0 Å². The Bertz CT molecular complexity index is 568. The number of aryl methyl sites for hydroxylation is 2. The number of halogens is 1. The predicted octanol–water partition coefficient (Wildman–Crippen LogP) is 1.36. The molecule has 1 atom stereocenters. The third-order valence-electron chi connectivity index (χ3n) is 3.73. The summed E-state index contributed by atoms with van der Waals surface area (Å²) < 4.78 is 26.0. The fourth-order valence-corrected chi connectivity index (χ4v) is 5.03. The monoisotopic (exact) mass is 349 g/mol. The van der Waals surface area contributed by atoms with E-state index in [1.54, 1.807) is 0 Å². The van der Waals surface area contributed by atoms with Crippen LogP contribution in [0.3, 0.4) is 0 Å². The molecule has 0 aromatic carbocycles. The first-order valence-electron chi connectivity index (χ1n) is 6.45. The van der Waals surface area contributed by atoms with Gasteiger partial charge in [-0.25, -0.2) is 8.42 Å². The average Bonchev–Trinajstić information content (AvgIpc) is 2.83. The summed E-state index contributed by atoms with van der Waals surface area (Å²) in [6, 6.07) is 0.122. The number of hydrogen-bond donors (Lipinski definition) is 0. The van der Waals surface area contributed by atoms with Gasteiger partial charge in [-0.2, -0.15) is 5.10 Å². The lowest BCUT2D eigenvalue weighted by molar-refractivity contribution is 0.247. The van der Waals surface area contributed by atoms with E-state index in [1.807, 2.05) is 18.8 Å². The summed E-state index contributed by atoms with van der Waals surface area (Å²) >= 11 is 3.59. The van der Waals surface area contributed by atoms with Crippen LogP contribution in [0.5, 0.6) is 0 Å². The summed E-state index contributed by atoms with van der Waals surface area (Å²) in [5.74, 6) is 0.592. The molecular formula is C12H20BrN3O2S. The molecule has 1 fully saturated rings. The van der Waals surface area contributed by atoms with Crippen LogP contribution in [0, 0.1) is 0 Å². The van der Waals surface area contributed by atoms with Gasteiger partial charge in [-0.1, -0.05) is 6.92 Å². The van der Waals surface area contributed by atoms with Crippen molar-refractivity contribution in [1.82, 2.24) is 14.7 Å². The van der Waals surface area contributed by atoms with Gasteiger partial charge in [-0.05, 0) is 35.8 Å². The van der Waals surface area contributed by atoms with Crippen molar-refractivity contribution < 1.29 is 8.42 Å². The largest absolute Gasteiger partial charge is 0.297 e. The molecule has 1 aromatic heterocycles. The molecule has 0 saturated carbocycles. The van der Waals surface area contributed by atoms with E-state index in [4.69, 9.17) is 0 Å². The SMILES string of the molecule is CCc1nn(C)c(CN(C)C2CCS(=O)(=O)C2)c1Br. The molecule has 0 amide bonds. The highest BCUT2D eigenvalue weighted by molar-refractivity contribution is 9.10. The molecule has 1 unspecified atom stereocenters. The van der Waals surface area contributed by atoms with Gasteiger partial charge in [-0.3, -0.25) is 9.58 Å². The number of nitrogens with zero attached hydrogens (tertiary/aromatic N) is 3. The summed E-state index contributed by atoms with van der Waals surface area (Å²) in [5, 5.41) is 4.46. The molecule has 0 spiro atoms. The highest BCUT2D eigenvalue weighted by Gasteiger charge is 2.31. The van der Waals surface area contributed by atoms with E-state index in [0.29, 0.717) is 12.3 Å². The van der Waals surface area contributed by atoms with Crippen LogP contribution in [0.25, 0.3) is 0 Å². The van der Waals surface area contributed by atoms with Crippen LogP contribution < -0.4 is 0 Å². The molecule has 19 heavy (non-hydrogen) atoms. The maximum absolute atomic E-state index is 11.5. The maximum atomic E-state index is 11.5. The Morgan fingerprint density at radius 1 is 1.53 bits per heavy atom.